The Balaban J connectivity index is 2.00. The van der Waals surface area contributed by atoms with Crippen LogP contribution in [-0.4, -0.2) is 19.8 Å². The molecule has 0 bridgehead atoms. The molecule has 0 saturated heterocycles. The zero-order valence-corrected chi connectivity index (χ0v) is 13.8. The van der Waals surface area contributed by atoms with E-state index in [0.29, 0.717) is 5.56 Å². The molecule has 0 aromatic heterocycles. The molecular weight excluding hydrogens is 308 g/mol. The summed E-state index contributed by atoms with van der Waals surface area (Å²) < 4.78 is 27.3. The van der Waals surface area contributed by atoms with Gasteiger partial charge in [-0.15, -0.1) is 0 Å². The largest absolute Gasteiger partial charge is 0.243 e. The van der Waals surface area contributed by atoms with Gasteiger partial charge in [-0.25, -0.2) is 8.42 Å². The van der Waals surface area contributed by atoms with E-state index < -0.39 is 10.0 Å². The van der Waals surface area contributed by atoms with E-state index in [1.807, 2.05) is 24.3 Å². The summed E-state index contributed by atoms with van der Waals surface area (Å²) in [5.74, 6) is 0. The Kier molecular flexibility index (Phi) is 4.20. The van der Waals surface area contributed by atoms with E-state index in [-0.39, 0.29) is 10.9 Å². The van der Waals surface area contributed by atoms with Crippen LogP contribution in [0.3, 0.4) is 0 Å². The van der Waals surface area contributed by atoms with Crippen LogP contribution in [0.5, 0.6) is 0 Å². The van der Waals surface area contributed by atoms with Crippen molar-refractivity contribution in [1.82, 2.24) is 4.31 Å². The van der Waals surface area contributed by atoms with Gasteiger partial charge in [-0.3, -0.25) is 0 Å². The summed E-state index contributed by atoms with van der Waals surface area (Å²) in [6.45, 7) is 0. The summed E-state index contributed by atoms with van der Waals surface area (Å²) in [5, 5.41) is 8.99. The van der Waals surface area contributed by atoms with E-state index in [9.17, 15) is 8.42 Å². The molecule has 0 radical (unpaired) electrons. The van der Waals surface area contributed by atoms with Gasteiger partial charge in [-0.1, -0.05) is 30.3 Å². The van der Waals surface area contributed by atoms with Crippen LogP contribution in [0.25, 0.3) is 0 Å². The Morgan fingerprint density at radius 1 is 1.17 bits per heavy atom. The number of nitrogens with zero attached hydrogens (tertiary/aromatic N) is 2. The molecule has 0 heterocycles. The first-order valence-corrected chi connectivity index (χ1v) is 9.04. The van der Waals surface area contributed by atoms with E-state index in [2.05, 4.69) is 6.07 Å². The molecule has 1 atom stereocenters. The average molecular weight is 326 g/mol. The fraction of sp³-hybridized carbons (Fsp3) is 0.278. The Hall–Kier alpha value is -2.16. The minimum atomic E-state index is -3.63. The smallest absolute Gasteiger partial charge is 0.207 e. The molecule has 2 aromatic carbocycles. The molecule has 1 aliphatic carbocycles. The highest BCUT2D eigenvalue weighted by atomic mass is 32.2. The van der Waals surface area contributed by atoms with E-state index in [1.165, 1.54) is 15.9 Å². The zero-order chi connectivity index (χ0) is 16.4. The zero-order valence-electron chi connectivity index (χ0n) is 12.9. The quantitative estimate of drug-likeness (QED) is 0.870. The van der Waals surface area contributed by atoms with E-state index in [1.54, 1.807) is 25.2 Å². The summed E-state index contributed by atoms with van der Waals surface area (Å²) in [5.41, 5.74) is 2.65. The first-order chi connectivity index (χ1) is 11.0. The minimum absolute atomic E-state index is 0.157. The summed E-state index contributed by atoms with van der Waals surface area (Å²) >= 11 is 0. The molecule has 0 spiro atoms. The topological polar surface area (TPSA) is 61.2 Å². The predicted molar refractivity (Wildman–Crippen MR) is 88.2 cm³/mol. The number of hydrogen-bond donors (Lipinski definition) is 0. The van der Waals surface area contributed by atoms with Gasteiger partial charge >= 0.3 is 0 Å². The van der Waals surface area contributed by atoms with Crippen molar-refractivity contribution >= 4 is 10.0 Å². The normalized spacial score (nSPS) is 17.5. The van der Waals surface area contributed by atoms with Gasteiger partial charge in [0.05, 0.1) is 16.5 Å². The molecule has 0 amide bonds. The molecule has 4 nitrogen and oxygen atoms in total. The molecule has 0 unspecified atom stereocenters. The van der Waals surface area contributed by atoms with Gasteiger partial charge in [0.25, 0.3) is 0 Å². The summed E-state index contributed by atoms with van der Waals surface area (Å²) in [4.78, 5) is 0.169. The SMILES string of the molecule is CN([C@@H]1CCCc2ccccc21)S(=O)(=O)c1cccc(C#N)c1. The van der Waals surface area contributed by atoms with Gasteiger partial charge < -0.3 is 0 Å². The highest BCUT2D eigenvalue weighted by Crippen LogP contribution is 2.36. The predicted octanol–water partition coefficient (Wildman–Crippen LogP) is 3.26. The third kappa shape index (κ3) is 2.88. The van der Waals surface area contributed by atoms with Crippen LogP contribution < -0.4 is 0 Å². The maximum absolute atomic E-state index is 12.9. The standard InChI is InChI=1S/C18H18N2O2S/c1-20(18-11-5-8-15-7-2-3-10-17(15)18)23(21,22)16-9-4-6-14(12-16)13-19/h2-4,6-7,9-10,12,18H,5,8,11H2,1H3/t18-/m1/s1. The summed E-state index contributed by atoms with van der Waals surface area (Å²) in [6.07, 6.45) is 2.77. The van der Waals surface area contributed by atoms with Crippen molar-refractivity contribution in [3.8, 4) is 6.07 Å². The van der Waals surface area contributed by atoms with Gasteiger partial charge in [0, 0.05) is 13.1 Å². The van der Waals surface area contributed by atoms with E-state index in [0.717, 1.165) is 24.8 Å². The molecule has 118 valence electrons. The van der Waals surface area contributed by atoms with Crippen molar-refractivity contribution < 1.29 is 8.42 Å². The van der Waals surface area contributed by atoms with Crippen molar-refractivity contribution in [1.29, 1.82) is 5.26 Å². The first-order valence-electron chi connectivity index (χ1n) is 7.60. The molecule has 1 aliphatic rings. The van der Waals surface area contributed by atoms with Gasteiger partial charge in [0.2, 0.25) is 10.0 Å². The third-order valence-corrected chi connectivity index (χ3v) is 6.28. The Morgan fingerprint density at radius 2 is 1.96 bits per heavy atom. The molecular formula is C18H18N2O2S. The molecule has 0 fully saturated rings. The molecule has 0 aliphatic heterocycles. The van der Waals surface area contributed by atoms with Crippen LogP contribution in [-0.2, 0) is 16.4 Å². The second-order valence-electron chi connectivity index (χ2n) is 5.77. The van der Waals surface area contributed by atoms with Crippen LogP contribution in [0.2, 0.25) is 0 Å². The van der Waals surface area contributed by atoms with Crippen molar-refractivity contribution in [3.05, 3.63) is 65.2 Å². The van der Waals surface area contributed by atoms with Gasteiger partial charge in [-0.05, 0) is 48.6 Å². The lowest BCUT2D eigenvalue weighted by molar-refractivity contribution is 0.337. The van der Waals surface area contributed by atoms with E-state index in [4.69, 9.17) is 5.26 Å². The number of rotatable bonds is 3. The maximum atomic E-state index is 12.9. The van der Waals surface area contributed by atoms with Crippen molar-refractivity contribution in [2.45, 2.75) is 30.2 Å². The molecule has 2 aromatic rings. The molecule has 0 N–H and O–H groups in total. The second kappa shape index (κ2) is 6.15. The fourth-order valence-electron chi connectivity index (χ4n) is 3.17. The summed E-state index contributed by atoms with van der Waals surface area (Å²) in [6, 6.07) is 16.0. The maximum Gasteiger partial charge on any atom is 0.243 e. The molecule has 23 heavy (non-hydrogen) atoms. The lowest BCUT2D eigenvalue weighted by Crippen LogP contribution is -2.33. The highest BCUT2D eigenvalue weighted by molar-refractivity contribution is 7.89. The Labute approximate surface area is 137 Å². The highest BCUT2D eigenvalue weighted by Gasteiger charge is 2.31. The third-order valence-electron chi connectivity index (χ3n) is 4.42. The minimum Gasteiger partial charge on any atom is -0.207 e. The Bertz CT molecular complexity index is 869. The number of fused-ring (bicyclic) bond motifs is 1. The molecule has 0 saturated carbocycles. The van der Waals surface area contributed by atoms with Crippen LogP contribution in [0.4, 0.5) is 0 Å². The lowest BCUT2D eigenvalue weighted by Gasteiger charge is -2.32. The van der Waals surface area contributed by atoms with Gasteiger partial charge in [0.15, 0.2) is 0 Å². The average Bonchev–Trinajstić information content (AvgIpc) is 2.60. The Morgan fingerprint density at radius 3 is 2.74 bits per heavy atom. The monoisotopic (exact) mass is 326 g/mol. The number of aryl methyl sites for hydroxylation is 1. The van der Waals surface area contributed by atoms with E-state index >= 15 is 0 Å². The number of benzene rings is 2. The lowest BCUT2D eigenvalue weighted by atomic mass is 9.88. The fourth-order valence-corrected chi connectivity index (χ4v) is 4.58. The number of nitriles is 1. The van der Waals surface area contributed by atoms with Gasteiger partial charge in [0.1, 0.15) is 0 Å². The van der Waals surface area contributed by atoms with Crippen LogP contribution in [0.15, 0.2) is 53.4 Å². The van der Waals surface area contributed by atoms with Crippen molar-refractivity contribution in [2.24, 2.45) is 0 Å². The van der Waals surface area contributed by atoms with Crippen molar-refractivity contribution in [2.75, 3.05) is 7.05 Å². The molecule has 5 heteroatoms. The summed E-state index contributed by atoms with van der Waals surface area (Å²) in [7, 11) is -2.01. The first kappa shape index (κ1) is 15.7. The van der Waals surface area contributed by atoms with Crippen LogP contribution in [0.1, 0.15) is 35.6 Å². The number of hydrogen-bond acceptors (Lipinski definition) is 3. The van der Waals surface area contributed by atoms with Crippen LogP contribution in [0, 0.1) is 11.3 Å². The van der Waals surface area contributed by atoms with Crippen molar-refractivity contribution in [3.63, 3.8) is 0 Å². The molecule has 3 rings (SSSR count). The van der Waals surface area contributed by atoms with Gasteiger partial charge in [-0.2, -0.15) is 9.57 Å². The second-order valence-corrected chi connectivity index (χ2v) is 7.77. The number of sulfonamides is 1. The van der Waals surface area contributed by atoms with Crippen LogP contribution >= 0.6 is 0 Å².